The van der Waals surface area contributed by atoms with Crippen molar-refractivity contribution in [2.75, 3.05) is 13.2 Å². The number of ether oxygens (including phenoxy) is 2. The van der Waals surface area contributed by atoms with E-state index >= 15 is 0 Å². The van der Waals surface area contributed by atoms with Crippen molar-refractivity contribution in [3.63, 3.8) is 0 Å². The van der Waals surface area contributed by atoms with Crippen LogP contribution < -0.4 is 9.47 Å². The second-order valence-electron chi connectivity index (χ2n) is 5.49. The minimum absolute atomic E-state index is 0.235. The first-order valence-corrected chi connectivity index (χ1v) is 10.0. The van der Waals surface area contributed by atoms with Crippen molar-refractivity contribution in [2.24, 2.45) is 0 Å². The monoisotopic (exact) mass is 359 g/mol. The van der Waals surface area contributed by atoms with Crippen LogP contribution in [-0.2, 0) is 0 Å². The van der Waals surface area contributed by atoms with Crippen molar-refractivity contribution in [3.8, 4) is 11.5 Å². The molecule has 0 radical (unpaired) electrons. The average Bonchev–Trinajstić information content (AvgIpc) is 2.56. The molecular formula is C18H28O2Se. The Labute approximate surface area is 140 Å². The minimum atomic E-state index is -1.81. The van der Waals surface area contributed by atoms with Crippen molar-refractivity contribution in [3.05, 3.63) is 24.3 Å². The van der Waals surface area contributed by atoms with Gasteiger partial charge in [-0.05, 0) is 0 Å². The zero-order valence-electron chi connectivity index (χ0n) is 15.9. The van der Waals surface area contributed by atoms with Gasteiger partial charge in [-0.15, -0.1) is 0 Å². The fourth-order valence-corrected chi connectivity index (χ4v) is 5.35. The van der Waals surface area contributed by atoms with E-state index in [4.69, 9.17) is 13.6 Å². The van der Waals surface area contributed by atoms with E-state index in [2.05, 4.69) is 0 Å². The summed E-state index contributed by atoms with van der Waals surface area (Å²) >= 11 is 0.235. The Morgan fingerprint density at radius 2 is 2.00 bits per heavy atom. The first kappa shape index (κ1) is 12.8. The van der Waals surface area contributed by atoms with Gasteiger partial charge in [0.05, 0.1) is 0 Å². The third-order valence-electron chi connectivity index (χ3n) is 3.73. The number of rotatable bonds is 8. The number of hydrogen-bond donors (Lipinski definition) is 0. The second-order valence-corrected chi connectivity index (χ2v) is 8.59. The van der Waals surface area contributed by atoms with E-state index < -0.39 is 11.2 Å². The van der Waals surface area contributed by atoms with Crippen LogP contribution >= 0.6 is 0 Å². The van der Waals surface area contributed by atoms with E-state index in [1.165, 1.54) is 6.42 Å². The molecule has 3 heteroatoms. The molecule has 0 N–H and O–H groups in total. The molecule has 2 rings (SSSR count). The summed E-state index contributed by atoms with van der Waals surface area (Å²) in [6.45, 7) is 1.37. The van der Waals surface area contributed by atoms with Crippen LogP contribution in [-0.4, -0.2) is 28.2 Å². The van der Waals surface area contributed by atoms with Crippen LogP contribution in [0.1, 0.15) is 56.4 Å². The third-order valence-corrected chi connectivity index (χ3v) is 6.78. The molecule has 0 bridgehead atoms. The Hall–Kier alpha value is -0.661. The van der Waals surface area contributed by atoms with Crippen molar-refractivity contribution in [1.29, 1.82) is 0 Å². The van der Waals surface area contributed by atoms with Gasteiger partial charge < -0.3 is 0 Å². The summed E-state index contributed by atoms with van der Waals surface area (Å²) in [7, 11) is 0. The van der Waals surface area contributed by atoms with Gasteiger partial charge in [0.2, 0.25) is 0 Å². The number of hydrogen-bond acceptors (Lipinski definition) is 2. The van der Waals surface area contributed by atoms with Gasteiger partial charge in [0.15, 0.2) is 0 Å². The van der Waals surface area contributed by atoms with E-state index in [9.17, 15) is 0 Å². The summed E-state index contributed by atoms with van der Waals surface area (Å²) in [5, 5.41) is 1.11. The zero-order chi connectivity index (χ0) is 17.5. The van der Waals surface area contributed by atoms with Gasteiger partial charge in [0, 0.05) is 0 Å². The normalized spacial score (nSPS) is 24.7. The molecule has 1 heterocycles. The predicted molar refractivity (Wildman–Crippen MR) is 89.7 cm³/mol. The Kier molecular flexibility index (Phi) is 5.32. The molecule has 1 aromatic rings. The molecule has 1 fully saturated rings. The van der Waals surface area contributed by atoms with Crippen LogP contribution in [0.3, 0.4) is 0 Å². The van der Waals surface area contributed by atoms with Crippen LogP contribution in [0.25, 0.3) is 0 Å². The molecule has 0 aromatic heterocycles. The number of para-hydroxylation sites is 2. The predicted octanol–water partition coefficient (Wildman–Crippen LogP) is 5.12. The summed E-state index contributed by atoms with van der Waals surface area (Å²) in [4.78, 5) is 0. The van der Waals surface area contributed by atoms with Crippen LogP contribution in [0.15, 0.2) is 24.3 Å². The van der Waals surface area contributed by atoms with Gasteiger partial charge in [0.25, 0.3) is 0 Å². The van der Waals surface area contributed by atoms with Gasteiger partial charge in [-0.1, -0.05) is 0 Å². The van der Waals surface area contributed by atoms with Crippen molar-refractivity contribution < 1.29 is 13.6 Å². The SMILES string of the molecule is [2H]C([2H])([2H])C1(CCCCOc2ccccc2OCC)CCCC[Se]1. The van der Waals surface area contributed by atoms with Crippen LogP contribution in [0.5, 0.6) is 11.5 Å². The van der Waals surface area contributed by atoms with Gasteiger partial charge in [0.1, 0.15) is 0 Å². The molecule has 1 unspecified atom stereocenters. The van der Waals surface area contributed by atoms with Crippen LogP contribution in [0, 0.1) is 0 Å². The maximum atomic E-state index is 7.96. The first-order chi connectivity index (χ1) is 11.5. The van der Waals surface area contributed by atoms with Crippen LogP contribution in [0.2, 0.25) is 9.63 Å². The Morgan fingerprint density at radius 3 is 2.67 bits per heavy atom. The van der Waals surface area contributed by atoms with E-state index in [1.807, 2.05) is 31.2 Å². The average molecular weight is 358 g/mol. The van der Waals surface area contributed by atoms with E-state index in [0.717, 1.165) is 48.9 Å². The van der Waals surface area contributed by atoms with E-state index in [-0.39, 0.29) is 15.0 Å². The molecule has 2 nitrogen and oxygen atoms in total. The summed E-state index contributed by atoms with van der Waals surface area (Å²) in [5.41, 5.74) is 0. The van der Waals surface area contributed by atoms with Gasteiger partial charge in [-0.25, -0.2) is 0 Å². The Morgan fingerprint density at radius 1 is 1.19 bits per heavy atom. The van der Waals surface area contributed by atoms with E-state index in [1.54, 1.807) is 0 Å². The molecule has 0 spiro atoms. The van der Waals surface area contributed by atoms with Gasteiger partial charge >= 0.3 is 139 Å². The van der Waals surface area contributed by atoms with Gasteiger partial charge in [-0.2, -0.15) is 0 Å². The standard InChI is InChI=1S/C18H28O2Se/c1-3-19-16-10-4-5-11-17(16)20-14-8-6-12-18(2)13-7-9-15-21-18/h4-5,10-11H,3,6-9,12-15H2,1-2H3/i2D3. The molecule has 1 aromatic carbocycles. The summed E-state index contributed by atoms with van der Waals surface area (Å²) in [6.07, 6.45) is 5.75. The second kappa shape index (κ2) is 8.70. The molecule has 0 saturated carbocycles. The number of unbranched alkanes of at least 4 members (excludes halogenated alkanes) is 1. The Bertz CT molecular complexity index is 499. The molecule has 1 atom stereocenters. The zero-order valence-corrected chi connectivity index (χ0v) is 14.6. The van der Waals surface area contributed by atoms with Crippen molar-refractivity contribution in [1.82, 2.24) is 0 Å². The topological polar surface area (TPSA) is 18.5 Å². The van der Waals surface area contributed by atoms with E-state index in [0.29, 0.717) is 13.2 Å². The molecule has 21 heavy (non-hydrogen) atoms. The molecule has 0 aliphatic carbocycles. The van der Waals surface area contributed by atoms with Crippen molar-refractivity contribution in [2.45, 2.75) is 61.9 Å². The fourth-order valence-electron chi connectivity index (χ4n) is 2.59. The molecule has 118 valence electrons. The van der Waals surface area contributed by atoms with Gasteiger partial charge in [-0.3, -0.25) is 0 Å². The van der Waals surface area contributed by atoms with Crippen molar-refractivity contribution >= 4 is 15.0 Å². The molecule has 1 aliphatic rings. The summed E-state index contributed by atoms with van der Waals surface area (Å²) in [6, 6.07) is 7.70. The molecule has 1 saturated heterocycles. The first-order valence-electron chi connectivity index (χ1n) is 9.47. The number of benzene rings is 1. The Balaban J connectivity index is 1.80. The maximum absolute atomic E-state index is 7.96. The van der Waals surface area contributed by atoms with Crippen LogP contribution in [0.4, 0.5) is 0 Å². The molecule has 1 aliphatic heterocycles. The summed E-state index contributed by atoms with van der Waals surface area (Å²) in [5.74, 6) is 1.54. The summed E-state index contributed by atoms with van der Waals surface area (Å²) < 4.78 is 34.9. The molecule has 0 amide bonds. The quantitative estimate of drug-likeness (QED) is 0.474. The fraction of sp³-hybridized carbons (Fsp3) is 0.667. The molecular weight excluding hydrogens is 327 g/mol. The third kappa shape index (κ3) is 5.56.